The lowest BCUT2D eigenvalue weighted by Gasteiger charge is -2.14. The van der Waals surface area contributed by atoms with Gasteiger partial charge in [-0.25, -0.2) is 4.39 Å². The minimum Gasteiger partial charge on any atom is -0.451 e. The van der Waals surface area contributed by atoms with E-state index in [0.717, 1.165) is 18.4 Å². The number of carbonyl (C=O) groups is 2. The van der Waals surface area contributed by atoms with Crippen LogP contribution in [0.25, 0.3) is 22.4 Å². The van der Waals surface area contributed by atoms with Gasteiger partial charge in [-0.05, 0) is 49.2 Å². The van der Waals surface area contributed by atoms with E-state index in [1.807, 2.05) is 10.6 Å². The van der Waals surface area contributed by atoms with E-state index in [0.29, 0.717) is 40.8 Å². The van der Waals surface area contributed by atoms with Crippen molar-refractivity contribution in [1.29, 1.82) is 0 Å². The van der Waals surface area contributed by atoms with Crippen molar-refractivity contribution in [3.05, 3.63) is 60.1 Å². The number of carbonyl (C=O) groups excluding carboxylic acids is 2. The first-order chi connectivity index (χ1) is 17.0. The molecule has 35 heavy (non-hydrogen) atoms. The largest absolute Gasteiger partial charge is 0.451 e. The number of thioether (sulfide) groups is 1. The first kappa shape index (κ1) is 23.3. The molecule has 10 heteroatoms. The average Bonchev–Trinajstić information content (AvgIpc) is 3.59. The molecule has 3 heterocycles. The number of halogens is 1. The van der Waals surface area contributed by atoms with Gasteiger partial charge in [0.1, 0.15) is 11.4 Å². The van der Waals surface area contributed by atoms with E-state index in [-0.39, 0.29) is 35.1 Å². The number of furan rings is 1. The molecule has 1 N–H and O–H groups in total. The zero-order chi connectivity index (χ0) is 24.4. The minimum absolute atomic E-state index is 0.0220. The smallest absolute Gasteiger partial charge is 0.234 e. The van der Waals surface area contributed by atoms with Crippen LogP contribution in [0.1, 0.15) is 30.3 Å². The lowest BCUT2D eigenvalue weighted by Crippen LogP contribution is -2.18. The summed E-state index contributed by atoms with van der Waals surface area (Å²) in [6.07, 6.45) is 1.93. The molecule has 1 unspecified atom stereocenters. The van der Waals surface area contributed by atoms with Crippen molar-refractivity contribution < 1.29 is 23.1 Å². The van der Waals surface area contributed by atoms with E-state index in [1.54, 1.807) is 30.3 Å². The summed E-state index contributed by atoms with van der Waals surface area (Å²) in [6, 6.07) is 13.2. The van der Waals surface area contributed by atoms with Crippen molar-refractivity contribution in [2.45, 2.75) is 37.6 Å². The standard InChI is InChI=1S/C25H23FN4O4S/c1-15(31)23-22(19-6-2-3-7-20(19)34-23)27-21(32)14-35-25-29-28-24(16-8-10-17(26)11-9-16)30(25)13-18-5-4-12-33-18/h2-3,6-11,18H,4-5,12-14H2,1H3,(H,27,32). The second-order valence-electron chi connectivity index (χ2n) is 8.25. The normalized spacial score (nSPS) is 15.5. The molecule has 2 aromatic carbocycles. The third-order valence-electron chi connectivity index (χ3n) is 5.74. The number of amides is 1. The maximum absolute atomic E-state index is 13.4. The van der Waals surface area contributed by atoms with E-state index in [4.69, 9.17) is 9.15 Å². The van der Waals surface area contributed by atoms with Gasteiger partial charge in [0.25, 0.3) is 0 Å². The summed E-state index contributed by atoms with van der Waals surface area (Å²) in [5, 5.41) is 12.7. The van der Waals surface area contributed by atoms with Gasteiger partial charge in [-0.2, -0.15) is 0 Å². The van der Waals surface area contributed by atoms with Crippen molar-refractivity contribution in [2.24, 2.45) is 0 Å². The fraction of sp³-hybridized carbons (Fsp3) is 0.280. The number of Topliss-reactive ketones (excluding diaryl/α,β-unsaturated/α-hetero) is 1. The number of ketones is 1. The van der Waals surface area contributed by atoms with Crippen LogP contribution in [0.4, 0.5) is 10.1 Å². The Hall–Kier alpha value is -3.50. The van der Waals surface area contributed by atoms with E-state index in [2.05, 4.69) is 15.5 Å². The Balaban J connectivity index is 1.36. The summed E-state index contributed by atoms with van der Waals surface area (Å²) in [4.78, 5) is 24.9. The molecule has 1 amide bonds. The third kappa shape index (κ3) is 4.98. The fourth-order valence-corrected chi connectivity index (χ4v) is 4.84. The molecule has 0 radical (unpaired) electrons. The summed E-state index contributed by atoms with van der Waals surface area (Å²) in [5.41, 5.74) is 1.62. The van der Waals surface area contributed by atoms with Gasteiger partial charge >= 0.3 is 0 Å². The number of ether oxygens (including phenoxy) is 1. The van der Waals surface area contributed by atoms with Crippen LogP contribution in [0.2, 0.25) is 0 Å². The predicted molar refractivity (Wildman–Crippen MR) is 130 cm³/mol. The van der Waals surface area contributed by atoms with Crippen LogP contribution in [0.15, 0.2) is 58.1 Å². The van der Waals surface area contributed by atoms with Gasteiger partial charge in [-0.15, -0.1) is 10.2 Å². The average molecular weight is 495 g/mol. The van der Waals surface area contributed by atoms with Crippen molar-refractivity contribution >= 4 is 40.1 Å². The van der Waals surface area contributed by atoms with Crippen LogP contribution in [-0.2, 0) is 16.1 Å². The summed E-state index contributed by atoms with van der Waals surface area (Å²) < 4.78 is 26.8. The van der Waals surface area contributed by atoms with Crippen LogP contribution < -0.4 is 5.32 Å². The number of nitrogens with zero attached hydrogens (tertiary/aromatic N) is 3. The number of anilines is 1. The number of nitrogens with one attached hydrogen (secondary N) is 1. The molecule has 8 nitrogen and oxygen atoms in total. The maximum atomic E-state index is 13.4. The Bertz CT molecular complexity index is 1380. The summed E-state index contributed by atoms with van der Waals surface area (Å²) >= 11 is 1.23. The van der Waals surface area contributed by atoms with Crippen molar-refractivity contribution in [3.63, 3.8) is 0 Å². The molecule has 1 saturated heterocycles. The van der Waals surface area contributed by atoms with Gasteiger partial charge in [0, 0.05) is 24.5 Å². The maximum Gasteiger partial charge on any atom is 0.234 e. The fourth-order valence-electron chi connectivity index (χ4n) is 4.09. The SMILES string of the molecule is CC(=O)c1oc2ccccc2c1NC(=O)CSc1nnc(-c2ccc(F)cc2)n1CC1CCCO1. The van der Waals surface area contributed by atoms with Crippen molar-refractivity contribution in [1.82, 2.24) is 14.8 Å². The molecule has 1 atom stereocenters. The number of hydrogen-bond donors (Lipinski definition) is 1. The van der Waals surface area contributed by atoms with E-state index in [1.165, 1.54) is 30.8 Å². The Labute approximate surface area is 204 Å². The second-order valence-corrected chi connectivity index (χ2v) is 9.20. The number of fused-ring (bicyclic) bond motifs is 1. The van der Waals surface area contributed by atoms with E-state index >= 15 is 0 Å². The molecule has 1 fully saturated rings. The molecule has 5 rings (SSSR count). The molecule has 0 aliphatic carbocycles. The first-order valence-corrected chi connectivity index (χ1v) is 12.2. The van der Waals surface area contributed by atoms with Gasteiger partial charge in [0.2, 0.25) is 5.91 Å². The van der Waals surface area contributed by atoms with Gasteiger partial charge < -0.3 is 14.5 Å². The van der Waals surface area contributed by atoms with Crippen LogP contribution in [0.3, 0.4) is 0 Å². The highest BCUT2D eigenvalue weighted by atomic mass is 32.2. The van der Waals surface area contributed by atoms with Gasteiger partial charge in [0.15, 0.2) is 22.5 Å². The number of hydrogen-bond acceptors (Lipinski definition) is 7. The first-order valence-electron chi connectivity index (χ1n) is 11.3. The summed E-state index contributed by atoms with van der Waals surface area (Å²) in [5.74, 6) is -0.164. The zero-order valence-corrected chi connectivity index (χ0v) is 19.8. The molecule has 2 aromatic heterocycles. The molecule has 4 aromatic rings. The number of rotatable bonds is 8. The molecule has 1 aliphatic heterocycles. The minimum atomic E-state index is -0.332. The highest BCUT2D eigenvalue weighted by molar-refractivity contribution is 7.99. The molecule has 180 valence electrons. The van der Waals surface area contributed by atoms with Gasteiger partial charge in [-0.3, -0.25) is 14.2 Å². The number of para-hydroxylation sites is 1. The Morgan fingerprint density at radius 3 is 2.71 bits per heavy atom. The van der Waals surface area contributed by atoms with Crippen LogP contribution in [-0.4, -0.2) is 44.9 Å². The van der Waals surface area contributed by atoms with Gasteiger partial charge in [-0.1, -0.05) is 23.9 Å². The second kappa shape index (κ2) is 10.0. The van der Waals surface area contributed by atoms with E-state index in [9.17, 15) is 14.0 Å². The van der Waals surface area contributed by atoms with Crippen LogP contribution >= 0.6 is 11.8 Å². The quantitative estimate of drug-likeness (QED) is 0.273. The highest BCUT2D eigenvalue weighted by Crippen LogP contribution is 2.32. The highest BCUT2D eigenvalue weighted by Gasteiger charge is 2.23. The zero-order valence-electron chi connectivity index (χ0n) is 19.0. The van der Waals surface area contributed by atoms with Gasteiger partial charge in [0.05, 0.1) is 24.1 Å². The van der Waals surface area contributed by atoms with Crippen molar-refractivity contribution in [3.8, 4) is 11.4 Å². The summed E-state index contributed by atoms with van der Waals surface area (Å²) in [7, 11) is 0. The Morgan fingerprint density at radius 2 is 1.97 bits per heavy atom. The number of benzene rings is 2. The monoisotopic (exact) mass is 494 g/mol. The molecular weight excluding hydrogens is 471 g/mol. The predicted octanol–water partition coefficient (Wildman–Crippen LogP) is 4.94. The van der Waals surface area contributed by atoms with Crippen molar-refractivity contribution in [2.75, 3.05) is 17.7 Å². The lowest BCUT2D eigenvalue weighted by atomic mass is 10.2. The molecule has 0 saturated carbocycles. The van der Waals surface area contributed by atoms with E-state index < -0.39 is 0 Å². The lowest BCUT2D eigenvalue weighted by molar-refractivity contribution is -0.113. The Kier molecular flexibility index (Phi) is 6.65. The third-order valence-corrected chi connectivity index (χ3v) is 6.71. The Morgan fingerprint density at radius 1 is 1.17 bits per heavy atom. The van der Waals surface area contributed by atoms with Crippen LogP contribution in [0, 0.1) is 5.82 Å². The number of aromatic nitrogens is 3. The summed E-state index contributed by atoms with van der Waals surface area (Å²) in [6.45, 7) is 2.64. The topological polar surface area (TPSA) is 99.3 Å². The molecular formula is C25H23FN4O4S. The molecule has 1 aliphatic rings. The molecule has 0 bridgehead atoms. The molecule has 0 spiro atoms. The van der Waals surface area contributed by atoms with Crippen LogP contribution in [0.5, 0.6) is 0 Å².